The quantitative estimate of drug-likeness (QED) is 0.885. The normalized spacial score (nSPS) is 20.6. The summed E-state index contributed by atoms with van der Waals surface area (Å²) in [4.78, 5) is 11.7. The van der Waals surface area contributed by atoms with Crippen LogP contribution in [0.2, 0.25) is 0 Å². The number of aryl methyl sites for hydroxylation is 1. The SMILES string of the molecule is Cc1ccc(CNC(=O)NCC2COC(C)(C)O2)cc1. The van der Waals surface area contributed by atoms with E-state index in [1.807, 2.05) is 45.0 Å². The highest BCUT2D eigenvalue weighted by Gasteiger charge is 2.32. The van der Waals surface area contributed by atoms with E-state index < -0.39 is 5.79 Å². The molecule has 1 aromatic carbocycles. The molecule has 0 saturated carbocycles. The molecule has 2 rings (SSSR count). The molecule has 1 heterocycles. The van der Waals surface area contributed by atoms with Gasteiger partial charge in [0.25, 0.3) is 0 Å². The van der Waals surface area contributed by atoms with Gasteiger partial charge >= 0.3 is 6.03 Å². The summed E-state index contributed by atoms with van der Waals surface area (Å²) in [5.74, 6) is -0.551. The number of amides is 2. The molecule has 2 N–H and O–H groups in total. The first-order valence-electron chi connectivity index (χ1n) is 6.84. The predicted molar refractivity (Wildman–Crippen MR) is 76.3 cm³/mol. The Morgan fingerprint density at radius 2 is 2.00 bits per heavy atom. The third-order valence-electron chi connectivity index (χ3n) is 3.13. The lowest BCUT2D eigenvalue weighted by molar-refractivity contribution is -0.137. The van der Waals surface area contributed by atoms with E-state index in [-0.39, 0.29) is 12.1 Å². The molecule has 5 heteroatoms. The van der Waals surface area contributed by atoms with E-state index in [4.69, 9.17) is 9.47 Å². The minimum atomic E-state index is -0.551. The summed E-state index contributed by atoms with van der Waals surface area (Å²) in [6.07, 6.45) is -0.0878. The monoisotopic (exact) mass is 278 g/mol. The van der Waals surface area contributed by atoms with Crippen LogP contribution < -0.4 is 10.6 Å². The van der Waals surface area contributed by atoms with Gasteiger partial charge in [-0.1, -0.05) is 29.8 Å². The molecule has 1 fully saturated rings. The van der Waals surface area contributed by atoms with Crippen LogP contribution in [0.4, 0.5) is 4.79 Å². The summed E-state index contributed by atoms with van der Waals surface area (Å²) in [7, 11) is 0. The predicted octanol–water partition coefficient (Wildman–Crippen LogP) is 1.95. The van der Waals surface area contributed by atoms with Crippen molar-refractivity contribution in [2.24, 2.45) is 0 Å². The number of carbonyl (C=O) groups excluding carboxylic acids is 1. The molecular formula is C15H22N2O3. The number of nitrogens with one attached hydrogen (secondary N) is 2. The van der Waals surface area contributed by atoms with Crippen molar-refractivity contribution in [1.82, 2.24) is 10.6 Å². The largest absolute Gasteiger partial charge is 0.348 e. The van der Waals surface area contributed by atoms with E-state index in [1.165, 1.54) is 5.56 Å². The first-order valence-corrected chi connectivity index (χ1v) is 6.84. The summed E-state index contributed by atoms with van der Waals surface area (Å²) in [6.45, 7) is 7.23. The molecule has 0 radical (unpaired) electrons. The van der Waals surface area contributed by atoms with Crippen LogP contribution in [0.1, 0.15) is 25.0 Å². The fourth-order valence-corrected chi connectivity index (χ4v) is 2.02. The van der Waals surface area contributed by atoms with Crippen LogP contribution in [-0.4, -0.2) is 31.1 Å². The zero-order valence-corrected chi connectivity index (χ0v) is 12.2. The Bertz CT molecular complexity index is 457. The summed E-state index contributed by atoms with van der Waals surface area (Å²) < 4.78 is 11.0. The molecule has 20 heavy (non-hydrogen) atoms. The molecule has 2 amide bonds. The number of urea groups is 1. The van der Waals surface area contributed by atoms with E-state index in [0.29, 0.717) is 19.7 Å². The number of benzene rings is 1. The average Bonchev–Trinajstić information content (AvgIpc) is 2.75. The summed E-state index contributed by atoms with van der Waals surface area (Å²) >= 11 is 0. The number of rotatable bonds is 4. The lowest BCUT2D eigenvalue weighted by Gasteiger charge is -2.17. The maximum atomic E-state index is 11.7. The van der Waals surface area contributed by atoms with E-state index in [2.05, 4.69) is 10.6 Å². The molecule has 1 aliphatic rings. The zero-order chi connectivity index (χ0) is 14.6. The van der Waals surface area contributed by atoms with Gasteiger partial charge in [-0.25, -0.2) is 4.79 Å². The lowest BCUT2D eigenvalue weighted by atomic mass is 10.1. The van der Waals surface area contributed by atoms with Gasteiger partial charge in [-0.2, -0.15) is 0 Å². The molecule has 1 saturated heterocycles. The Balaban J connectivity index is 1.67. The van der Waals surface area contributed by atoms with Gasteiger partial charge < -0.3 is 20.1 Å². The minimum Gasteiger partial charge on any atom is -0.348 e. The van der Waals surface area contributed by atoms with Gasteiger partial charge in [-0.3, -0.25) is 0 Å². The maximum absolute atomic E-state index is 11.7. The first-order chi connectivity index (χ1) is 9.44. The van der Waals surface area contributed by atoms with Gasteiger partial charge in [0, 0.05) is 13.1 Å². The van der Waals surface area contributed by atoms with Crippen molar-refractivity contribution in [1.29, 1.82) is 0 Å². The molecule has 1 atom stereocenters. The van der Waals surface area contributed by atoms with Gasteiger partial charge in [-0.05, 0) is 26.3 Å². The lowest BCUT2D eigenvalue weighted by Crippen LogP contribution is -2.40. The van der Waals surface area contributed by atoms with Crippen LogP contribution in [0.15, 0.2) is 24.3 Å². The molecule has 1 unspecified atom stereocenters. The Morgan fingerprint density at radius 3 is 2.60 bits per heavy atom. The molecule has 110 valence electrons. The molecule has 0 bridgehead atoms. The Hall–Kier alpha value is -1.59. The van der Waals surface area contributed by atoms with Crippen LogP contribution in [-0.2, 0) is 16.0 Å². The van der Waals surface area contributed by atoms with Crippen molar-refractivity contribution in [3.8, 4) is 0 Å². The maximum Gasteiger partial charge on any atom is 0.315 e. The highest BCUT2D eigenvalue weighted by atomic mass is 16.7. The zero-order valence-electron chi connectivity index (χ0n) is 12.2. The number of ether oxygens (including phenoxy) is 2. The highest BCUT2D eigenvalue weighted by Crippen LogP contribution is 2.21. The fraction of sp³-hybridized carbons (Fsp3) is 0.533. The second-order valence-electron chi connectivity index (χ2n) is 5.50. The van der Waals surface area contributed by atoms with Gasteiger partial charge in [0.2, 0.25) is 0 Å². The minimum absolute atomic E-state index is 0.0878. The van der Waals surface area contributed by atoms with Gasteiger partial charge in [-0.15, -0.1) is 0 Å². The second-order valence-corrected chi connectivity index (χ2v) is 5.50. The van der Waals surface area contributed by atoms with Gasteiger partial charge in [0.1, 0.15) is 6.10 Å². The molecule has 1 aliphatic heterocycles. The Morgan fingerprint density at radius 1 is 1.30 bits per heavy atom. The third kappa shape index (κ3) is 4.51. The van der Waals surface area contributed by atoms with Crippen LogP contribution in [0.3, 0.4) is 0 Å². The topological polar surface area (TPSA) is 59.6 Å². The average molecular weight is 278 g/mol. The third-order valence-corrected chi connectivity index (χ3v) is 3.13. The summed E-state index contributed by atoms with van der Waals surface area (Å²) in [5, 5.41) is 5.61. The van der Waals surface area contributed by atoms with E-state index >= 15 is 0 Å². The van der Waals surface area contributed by atoms with Gasteiger partial charge in [0.05, 0.1) is 6.61 Å². The van der Waals surface area contributed by atoms with Crippen LogP contribution in [0.25, 0.3) is 0 Å². The van der Waals surface area contributed by atoms with E-state index in [0.717, 1.165) is 5.56 Å². The van der Waals surface area contributed by atoms with Crippen molar-refractivity contribution in [3.63, 3.8) is 0 Å². The fourth-order valence-electron chi connectivity index (χ4n) is 2.02. The Labute approximate surface area is 119 Å². The molecule has 0 aromatic heterocycles. The first kappa shape index (κ1) is 14.8. The molecular weight excluding hydrogens is 256 g/mol. The number of hydrogen-bond acceptors (Lipinski definition) is 3. The van der Waals surface area contributed by atoms with Gasteiger partial charge in [0.15, 0.2) is 5.79 Å². The van der Waals surface area contributed by atoms with Crippen molar-refractivity contribution >= 4 is 6.03 Å². The number of hydrogen-bond donors (Lipinski definition) is 2. The molecule has 1 aromatic rings. The molecule has 5 nitrogen and oxygen atoms in total. The van der Waals surface area contributed by atoms with Crippen LogP contribution in [0, 0.1) is 6.92 Å². The van der Waals surface area contributed by atoms with Crippen LogP contribution in [0.5, 0.6) is 0 Å². The van der Waals surface area contributed by atoms with E-state index in [1.54, 1.807) is 0 Å². The smallest absolute Gasteiger partial charge is 0.315 e. The summed E-state index contributed by atoms with van der Waals surface area (Å²) in [5.41, 5.74) is 2.28. The van der Waals surface area contributed by atoms with Crippen molar-refractivity contribution in [2.75, 3.05) is 13.2 Å². The molecule has 0 spiro atoms. The van der Waals surface area contributed by atoms with Crippen molar-refractivity contribution in [2.45, 2.75) is 39.2 Å². The standard InChI is InChI=1S/C15H22N2O3/c1-11-4-6-12(7-5-11)8-16-14(18)17-9-13-10-19-15(2,3)20-13/h4-7,13H,8-10H2,1-3H3,(H2,16,17,18). The van der Waals surface area contributed by atoms with E-state index in [9.17, 15) is 4.79 Å². The highest BCUT2D eigenvalue weighted by molar-refractivity contribution is 5.73. The van der Waals surface area contributed by atoms with Crippen LogP contribution >= 0.6 is 0 Å². The second kappa shape index (κ2) is 6.24. The summed E-state index contributed by atoms with van der Waals surface area (Å²) in [6, 6.07) is 7.87. The van der Waals surface area contributed by atoms with Crippen molar-refractivity contribution in [3.05, 3.63) is 35.4 Å². The Kier molecular flexibility index (Phi) is 4.62. The molecule has 0 aliphatic carbocycles. The van der Waals surface area contributed by atoms with Crippen molar-refractivity contribution < 1.29 is 14.3 Å². The number of carbonyl (C=O) groups is 1.